The van der Waals surface area contributed by atoms with Crippen LogP contribution in [0.15, 0.2) is 6.33 Å². The van der Waals surface area contributed by atoms with Crippen molar-refractivity contribution in [3.63, 3.8) is 0 Å². The number of ether oxygens (including phenoxy) is 1. The second-order valence-electron chi connectivity index (χ2n) is 5.69. The van der Waals surface area contributed by atoms with Gasteiger partial charge in [0.15, 0.2) is 0 Å². The van der Waals surface area contributed by atoms with E-state index in [1.54, 1.807) is 13.4 Å². The van der Waals surface area contributed by atoms with Crippen LogP contribution in [0.1, 0.15) is 38.7 Å². The van der Waals surface area contributed by atoms with Gasteiger partial charge in [-0.2, -0.15) is 0 Å². The molecular formula is C16H28N4O. The summed E-state index contributed by atoms with van der Waals surface area (Å²) in [5.41, 5.74) is 1.25. The lowest BCUT2D eigenvalue weighted by Crippen LogP contribution is -2.36. The Morgan fingerprint density at radius 1 is 1.29 bits per heavy atom. The molecule has 0 radical (unpaired) electrons. The third-order valence-corrected chi connectivity index (χ3v) is 4.14. The number of rotatable bonds is 7. The molecule has 5 heteroatoms. The average molecular weight is 292 g/mol. The minimum Gasteiger partial charge on any atom is -0.384 e. The van der Waals surface area contributed by atoms with E-state index in [-0.39, 0.29) is 0 Å². The maximum absolute atomic E-state index is 5.28. The summed E-state index contributed by atoms with van der Waals surface area (Å²) < 4.78 is 5.28. The standard InChI is InChI=1S/C16H28N4O/c1-4-8-17-15-14(5-2)16(19-12-18-15)20-9-6-13(7-10-20)11-21-3/h12-13H,4-11H2,1-3H3,(H,17,18,19). The molecule has 1 aromatic heterocycles. The first-order valence-corrected chi connectivity index (χ1v) is 8.11. The molecule has 0 amide bonds. The number of aromatic nitrogens is 2. The third-order valence-electron chi connectivity index (χ3n) is 4.14. The number of nitrogens with one attached hydrogen (secondary N) is 1. The van der Waals surface area contributed by atoms with E-state index < -0.39 is 0 Å². The Morgan fingerprint density at radius 3 is 2.67 bits per heavy atom. The lowest BCUT2D eigenvalue weighted by atomic mass is 9.97. The molecular weight excluding hydrogens is 264 g/mol. The zero-order valence-electron chi connectivity index (χ0n) is 13.6. The van der Waals surface area contributed by atoms with Crippen molar-refractivity contribution in [1.29, 1.82) is 0 Å². The van der Waals surface area contributed by atoms with Crippen molar-refractivity contribution in [3.8, 4) is 0 Å². The predicted molar refractivity (Wildman–Crippen MR) is 87.0 cm³/mol. The van der Waals surface area contributed by atoms with E-state index in [2.05, 4.69) is 34.0 Å². The fraction of sp³-hybridized carbons (Fsp3) is 0.750. The number of hydrogen-bond acceptors (Lipinski definition) is 5. The van der Waals surface area contributed by atoms with Gasteiger partial charge in [0, 0.05) is 38.9 Å². The zero-order valence-corrected chi connectivity index (χ0v) is 13.6. The maximum atomic E-state index is 5.28. The number of anilines is 2. The van der Waals surface area contributed by atoms with Gasteiger partial charge in [-0.1, -0.05) is 13.8 Å². The summed E-state index contributed by atoms with van der Waals surface area (Å²) in [6, 6.07) is 0. The summed E-state index contributed by atoms with van der Waals surface area (Å²) >= 11 is 0. The second-order valence-corrected chi connectivity index (χ2v) is 5.69. The van der Waals surface area contributed by atoms with Crippen LogP contribution in [0.4, 0.5) is 11.6 Å². The van der Waals surface area contributed by atoms with Crippen LogP contribution in [-0.2, 0) is 11.2 Å². The summed E-state index contributed by atoms with van der Waals surface area (Å²) in [5.74, 6) is 2.81. The Kier molecular flexibility index (Phi) is 6.23. The molecule has 0 spiro atoms. The highest BCUT2D eigenvalue weighted by molar-refractivity contribution is 5.59. The van der Waals surface area contributed by atoms with Crippen LogP contribution < -0.4 is 10.2 Å². The van der Waals surface area contributed by atoms with Crippen LogP contribution in [0.25, 0.3) is 0 Å². The quantitative estimate of drug-likeness (QED) is 0.837. The molecule has 0 unspecified atom stereocenters. The Bertz CT molecular complexity index is 430. The molecule has 5 nitrogen and oxygen atoms in total. The molecule has 0 saturated carbocycles. The van der Waals surface area contributed by atoms with Crippen molar-refractivity contribution in [3.05, 3.63) is 11.9 Å². The lowest BCUT2D eigenvalue weighted by Gasteiger charge is -2.33. The Hall–Kier alpha value is -1.36. The first-order valence-electron chi connectivity index (χ1n) is 8.11. The zero-order chi connectivity index (χ0) is 15.1. The minimum absolute atomic E-state index is 0.691. The lowest BCUT2D eigenvalue weighted by molar-refractivity contribution is 0.139. The number of piperidine rings is 1. The smallest absolute Gasteiger partial charge is 0.137 e. The van der Waals surface area contributed by atoms with Gasteiger partial charge in [0.25, 0.3) is 0 Å². The molecule has 0 atom stereocenters. The Morgan fingerprint density at radius 2 is 2.05 bits per heavy atom. The van der Waals surface area contributed by atoms with Crippen LogP contribution in [0, 0.1) is 5.92 Å². The summed E-state index contributed by atoms with van der Waals surface area (Å²) in [4.78, 5) is 11.4. The fourth-order valence-electron chi connectivity index (χ4n) is 2.94. The van der Waals surface area contributed by atoms with Gasteiger partial charge in [-0.15, -0.1) is 0 Å². The molecule has 1 N–H and O–H groups in total. The second kappa shape index (κ2) is 8.17. The van der Waals surface area contributed by atoms with Gasteiger partial charge < -0.3 is 15.0 Å². The molecule has 2 rings (SSSR count). The van der Waals surface area contributed by atoms with E-state index in [1.807, 2.05) is 0 Å². The van der Waals surface area contributed by atoms with E-state index in [9.17, 15) is 0 Å². The largest absolute Gasteiger partial charge is 0.384 e. The average Bonchev–Trinajstić information content (AvgIpc) is 2.53. The molecule has 1 fully saturated rings. The van der Waals surface area contributed by atoms with E-state index in [4.69, 9.17) is 4.74 Å². The predicted octanol–water partition coefficient (Wildman–Crippen LogP) is 2.72. The monoisotopic (exact) mass is 292 g/mol. The van der Waals surface area contributed by atoms with Crippen molar-refractivity contribution in [2.24, 2.45) is 5.92 Å². The summed E-state index contributed by atoms with van der Waals surface area (Å²) in [6.07, 6.45) is 6.11. The highest BCUT2D eigenvalue weighted by Crippen LogP contribution is 2.28. The van der Waals surface area contributed by atoms with Crippen LogP contribution in [0.2, 0.25) is 0 Å². The number of nitrogens with zero attached hydrogens (tertiary/aromatic N) is 3. The van der Waals surface area contributed by atoms with Gasteiger partial charge in [0.2, 0.25) is 0 Å². The maximum Gasteiger partial charge on any atom is 0.137 e. The van der Waals surface area contributed by atoms with Crippen LogP contribution in [0.3, 0.4) is 0 Å². The molecule has 1 aliphatic heterocycles. The van der Waals surface area contributed by atoms with Gasteiger partial charge in [0.1, 0.15) is 18.0 Å². The van der Waals surface area contributed by atoms with E-state index in [0.29, 0.717) is 5.92 Å². The number of methoxy groups -OCH3 is 1. The molecule has 0 aliphatic carbocycles. The highest BCUT2D eigenvalue weighted by Gasteiger charge is 2.22. The van der Waals surface area contributed by atoms with Crippen LogP contribution >= 0.6 is 0 Å². The minimum atomic E-state index is 0.691. The van der Waals surface area contributed by atoms with Crippen molar-refractivity contribution in [2.45, 2.75) is 39.5 Å². The Labute approximate surface area is 128 Å². The first kappa shape index (κ1) is 16.0. The molecule has 1 aromatic rings. The van der Waals surface area contributed by atoms with Crippen molar-refractivity contribution >= 4 is 11.6 Å². The highest BCUT2D eigenvalue weighted by atomic mass is 16.5. The Balaban J connectivity index is 2.09. The summed E-state index contributed by atoms with van der Waals surface area (Å²) in [5, 5.41) is 3.42. The van der Waals surface area contributed by atoms with Crippen LogP contribution in [0.5, 0.6) is 0 Å². The van der Waals surface area contributed by atoms with Crippen molar-refractivity contribution in [1.82, 2.24) is 9.97 Å². The summed E-state index contributed by atoms with van der Waals surface area (Å²) in [6.45, 7) is 8.30. The molecule has 0 bridgehead atoms. The van der Waals surface area contributed by atoms with Gasteiger partial charge in [0.05, 0.1) is 0 Å². The summed E-state index contributed by atoms with van der Waals surface area (Å²) in [7, 11) is 1.79. The van der Waals surface area contributed by atoms with Gasteiger partial charge in [-0.3, -0.25) is 0 Å². The molecule has 1 aliphatic rings. The molecule has 118 valence electrons. The van der Waals surface area contributed by atoms with Crippen molar-refractivity contribution in [2.75, 3.05) is 43.6 Å². The van der Waals surface area contributed by atoms with Crippen LogP contribution in [-0.4, -0.2) is 43.3 Å². The van der Waals surface area contributed by atoms with E-state index in [0.717, 1.165) is 50.7 Å². The number of hydrogen-bond donors (Lipinski definition) is 1. The molecule has 0 aromatic carbocycles. The molecule has 21 heavy (non-hydrogen) atoms. The van der Waals surface area contributed by atoms with Crippen molar-refractivity contribution < 1.29 is 4.74 Å². The molecule has 1 saturated heterocycles. The first-order chi connectivity index (χ1) is 10.3. The van der Waals surface area contributed by atoms with Gasteiger partial charge >= 0.3 is 0 Å². The third kappa shape index (κ3) is 4.06. The van der Waals surface area contributed by atoms with Gasteiger partial charge in [-0.25, -0.2) is 9.97 Å². The SMILES string of the molecule is CCCNc1ncnc(N2CCC(COC)CC2)c1CC. The van der Waals surface area contributed by atoms with E-state index >= 15 is 0 Å². The van der Waals surface area contributed by atoms with Gasteiger partial charge in [-0.05, 0) is 31.6 Å². The van der Waals surface area contributed by atoms with E-state index in [1.165, 1.54) is 18.4 Å². The molecule has 2 heterocycles. The normalized spacial score (nSPS) is 16.2. The topological polar surface area (TPSA) is 50.3 Å². The fourth-order valence-corrected chi connectivity index (χ4v) is 2.94.